The summed E-state index contributed by atoms with van der Waals surface area (Å²) in [7, 11) is 0. The summed E-state index contributed by atoms with van der Waals surface area (Å²) in [6.45, 7) is 22.9. The number of nitrogens with two attached hydrogens (primary N) is 1. The predicted molar refractivity (Wildman–Crippen MR) is 319 cm³/mol. The summed E-state index contributed by atoms with van der Waals surface area (Å²) >= 11 is 0. The molecule has 0 saturated carbocycles. The maximum absolute atomic E-state index is 7.07. The Bertz CT molecular complexity index is 3080. The van der Waals surface area contributed by atoms with E-state index in [4.69, 9.17) is 10.5 Å². The Labute approximate surface area is 444 Å². The Morgan fingerprint density at radius 3 is 1.69 bits per heavy atom. The second-order valence-electron chi connectivity index (χ2n) is 17.6. The van der Waals surface area contributed by atoms with Gasteiger partial charge in [0.1, 0.15) is 11.5 Å². The molecule has 4 N–H and O–H groups in total. The third-order valence-corrected chi connectivity index (χ3v) is 13.3. The minimum atomic E-state index is -0.642. The molecule has 8 aromatic carbocycles. The molecule has 378 valence electrons. The zero-order chi connectivity index (χ0) is 52.9. The van der Waals surface area contributed by atoms with Crippen molar-refractivity contribution < 1.29 is 4.74 Å². The van der Waals surface area contributed by atoms with Crippen LogP contribution in [0.15, 0.2) is 249 Å². The molecule has 0 saturated heterocycles. The van der Waals surface area contributed by atoms with Crippen molar-refractivity contribution in [2.45, 2.75) is 92.3 Å². The number of anilines is 1. The van der Waals surface area contributed by atoms with Crippen LogP contribution in [0.4, 0.5) is 5.69 Å². The van der Waals surface area contributed by atoms with E-state index in [1.54, 1.807) is 0 Å². The van der Waals surface area contributed by atoms with Gasteiger partial charge in [0.05, 0.1) is 17.5 Å². The van der Waals surface area contributed by atoms with Gasteiger partial charge in [0, 0.05) is 17.9 Å². The van der Waals surface area contributed by atoms with E-state index in [0.29, 0.717) is 5.76 Å². The first-order valence-corrected chi connectivity index (χ1v) is 26.7. The highest BCUT2D eigenvalue weighted by atomic mass is 16.5. The maximum atomic E-state index is 7.07. The van der Waals surface area contributed by atoms with Gasteiger partial charge >= 0.3 is 0 Å². The average molecular weight is 976 g/mol. The number of rotatable bonds is 12. The van der Waals surface area contributed by atoms with Gasteiger partial charge < -0.3 is 15.8 Å². The maximum Gasteiger partial charge on any atom is 0.129 e. The fraction of sp³-hybridized carbons (Fsp3) is 0.200. The van der Waals surface area contributed by atoms with Gasteiger partial charge in [-0.15, -0.1) is 0 Å². The zero-order valence-electron chi connectivity index (χ0n) is 45.1. The van der Waals surface area contributed by atoms with Crippen LogP contribution in [0.25, 0.3) is 17.2 Å². The highest BCUT2D eigenvalue weighted by molar-refractivity contribution is 5.89. The molecule has 1 spiro atoms. The smallest absolute Gasteiger partial charge is 0.129 e. The number of hydrogen-bond acceptors (Lipinski definition) is 4. The molecule has 0 aromatic heterocycles. The van der Waals surface area contributed by atoms with Gasteiger partial charge in [0.2, 0.25) is 0 Å². The highest BCUT2D eigenvalue weighted by Gasteiger charge is 2.48. The molecule has 2 aliphatic carbocycles. The molecule has 0 aliphatic heterocycles. The van der Waals surface area contributed by atoms with Gasteiger partial charge in [-0.1, -0.05) is 255 Å². The summed E-state index contributed by atoms with van der Waals surface area (Å²) in [6.07, 6.45) is 12.1. The van der Waals surface area contributed by atoms with Crippen LogP contribution < -0.4 is 21.1 Å². The van der Waals surface area contributed by atoms with E-state index >= 15 is 0 Å². The van der Waals surface area contributed by atoms with Crippen molar-refractivity contribution in [3.63, 3.8) is 0 Å². The third-order valence-electron chi connectivity index (χ3n) is 13.3. The van der Waals surface area contributed by atoms with Crippen molar-refractivity contribution in [1.82, 2.24) is 5.32 Å². The molecule has 4 unspecified atom stereocenters. The van der Waals surface area contributed by atoms with Crippen LogP contribution in [0, 0.1) is 6.92 Å². The quantitative estimate of drug-likeness (QED) is 0.107. The number of para-hydroxylation sites is 2. The summed E-state index contributed by atoms with van der Waals surface area (Å²) in [5.41, 5.74) is 22.6. The Balaban J connectivity index is 0.000000567. The fourth-order valence-electron chi connectivity index (χ4n) is 9.67. The Kier molecular flexibility index (Phi) is 20.9. The van der Waals surface area contributed by atoms with E-state index in [1.807, 2.05) is 84.0 Å². The number of ether oxygens (including phenoxy) is 1. The van der Waals surface area contributed by atoms with E-state index < -0.39 is 5.41 Å². The second-order valence-corrected chi connectivity index (χ2v) is 17.6. The Hall–Kier alpha value is -7.76. The van der Waals surface area contributed by atoms with Gasteiger partial charge in [-0.2, -0.15) is 0 Å². The van der Waals surface area contributed by atoms with Crippen molar-refractivity contribution in [2.24, 2.45) is 5.73 Å². The average Bonchev–Trinajstić information content (AvgIpc) is 3.79. The number of hydrogen-bond donors (Lipinski definition) is 3. The van der Waals surface area contributed by atoms with E-state index in [1.165, 1.54) is 38.9 Å². The van der Waals surface area contributed by atoms with Crippen LogP contribution in [-0.4, -0.2) is 0 Å². The molecule has 0 amide bonds. The van der Waals surface area contributed by atoms with E-state index in [9.17, 15) is 0 Å². The first-order valence-electron chi connectivity index (χ1n) is 26.7. The van der Waals surface area contributed by atoms with Crippen LogP contribution >= 0.6 is 0 Å². The first-order chi connectivity index (χ1) is 36.3. The number of fused-ring (bicyclic) bond motifs is 7. The molecule has 4 atom stereocenters. The van der Waals surface area contributed by atoms with Crippen LogP contribution in [0.3, 0.4) is 0 Å². The van der Waals surface area contributed by atoms with Gasteiger partial charge in [-0.3, -0.25) is 5.32 Å². The van der Waals surface area contributed by atoms with Crippen LogP contribution in [0.5, 0.6) is 5.75 Å². The van der Waals surface area contributed by atoms with E-state index in [-0.39, 0.29) is 18.1 Å². The number of nitrogens with one attached hydrogen (secondary N) is 2. The highest BCUT2D eigenvalue weighted by Crippen LogP contribution is 2.58. The molecule has 0 heterocycles. The number of benzene rings is 8. The Morgan fingerprint density at radius 1 is 0.568 bits per heavy atom. The minimum Gasteiger partial charge on any atom is -0.460 e. The molecule has 4 nitrogen and oxygen atoms in total. The van der Waals surface area contributed by atoms with Crippen molar-refractivity contribution in [2.75, 3.05) is 5.32 Å². The van der Waals surface area contributed by atoms with E-state index in [0.717, 1.165) is 51.2 Å². The summed E-state index contributed by atoms with van der Waals surface area (Å²) < 4.78 is 6.50. The molecule has 8 aromatic rings. The SMILES string of the molecule is C=C(Oc1ccccc1C)C(NC(C)c1ccc2c(c1)-c1cc(C(N)c3ccccc3)ccc1C21C(=C\Nc2ccccc2)/C=C\C=C/c2ccccc21)c1ccccc1.CC.CC.CC.CCc1ccccc1. The molecule has 0 bridgehead atoms. The van der Waals surface area contributed by atoms with Crippen molar-refractivity contribution >= 4 is 11.8 Å². The van der Waals surface area contributed by atoms with Crippen molar-refractivity contribution in [1.29, 1.82) is 0 Å². The first kappa shape index (κ1) is 55.6. The molecule has 2 aliphatic rings. The summed E-state index contributed by atoms with van der Waals surface area (Å²) in [5.74, 6) is 1.44. The number of aryl methyl sites for hydroxylation is 2. The predicted octanol–water partition coefficient (Wildman–Crippen LogP) is 18.2. The summed E-state index contributed by atoms with van der Waals surface area (Å²) in [5, 5.41) is 7.59. The van der Waals surface area contributed by atoms with Gasteiger partial charge in [0.25, 0.3) is 0 Å². The second kappa shape index (κ2) is 27.9. The van der Waals surface area contributed by atoms with Crippen molar-refractivity contribution in [3.8, 4) is 16.9 Å². The normalized spacial score (nSPS) is 16.0. The number of allylic oxidation sites excluding steroid dienone is 4. The van der Waals surface area contributed by atoms with Crippen molar-refractivity contribution in [3.05, 3.63) is 304 Å². The lowest BCUT2D eigenvalue weighted by Crippen LogP contribution is -2.31. The zero-order valence-corrected chi connectivity index (χ0v) is 45.1. The third kappa shape index (κ3) is 12.7. The molecule has 0 fully saturated rings. The van der Waals surface area contributed by atoms with Crippen LogP contribution in [0.1, 0.15) is 129 Å². The molecule has 10 rings (SSSR count). The van der Waals surface area contributed by atoms with Gasteiger partial charge in [-0.25, -0.2) is 0 Å². The molecular weight excluding hydrogens is 899 g/mol. The molecule has 4 heteroatoms. The largest absolute Gasteiger partial charge is 0.460 e. The lowest BCUT2D eigenvalue weighted by atomic mass is 9.65. The van der Waals surface area contributed by atoms with Gasteiger partial charge in [0.15, 0.2) is 0 Å². The van der Waals surface area contributed by atoms with E-state index in [2.05, 4.69) is 232 Å². The topological polar surface area (TPSA) is 59.3 Å². The lowest BCUT2D eigenvalue weighted by molar-refractivity contribution is 0.344. The monoisotopic (exact) mass is 976 g/mol. The fourth-order valence-corrected chi connectivity index (χ4v) is 9.67. The van der Waals surface area contributed by atoms with Gasteiger partial charge in [-0.05, 0) is 123 Å². The summed E-state index contributed by atoms with van der Waals surface area (Å²) in [6, 6.07) is 71.7. The lowest BCUT2D eigenvalue weighted by Gasteiger charge is -2.36. The van der Waals surface area contributed by atoms with Crippen LogP contribution in [-0.2, 0) is 11.8 Å². The standard InChI is InChI=1S/C56H49N3O.C8H10.3C2H6/c1-38-19-13-18-30-53(38)60-40(3)55(43-24-9-5-10-25-43)59-39(2)44-31-33-51-48(35-44)49-36-45(54(57)42-22-7-4-8-23-42)32-34-52(49)56(51)46(37-58-47-27-11-6-12-28-47)26-16-14-20-41-21-15-17-29-50(41)56;1-2-8-6-4-3-5-7-8;3*1-2/h4-37,39,54-55,58-59H,3,57H2,1-2H3;3-7H,2H2,1H3;3*1-2H3/b20-14-,26-16-,46-37-;;;;. The Morgan fingerprint density at radius 2 is 1.08 bits per heavy atom. The molecule has 74 heavy (non-hydrogen) atoms. The van der Waals surface area contributed by atoms with Crippen LogP contribution in [0.2, 0.25) is 0 Å². The molecule has 0 radical (unpaired) electrons. The minimum absolute atomic E-state index is 0.0744. The molecular formula is C70H77N3O. The summed E-state index contributed by atoms with van der Waals surface area (Å²) in [4.78, 5) is 0.